The van der Waals surface area contributed by atoms with Crippen molar-refractivity contribution in [3.05, 3.63) is 40.1 Å². The number of nitrogen functional groups attached to an aromatic ring is 1. The summed E-state index contributed by atoms with van der Waals surface area (Å²) in [7, 11) is 1.62. The van der Waals surface area contributed by atoms with E-state index in [1.54, 1.807) is 7.11 Å². The van der Waals surface area contributed by atoms with Gasteiger partial charge in [-0.05, 0) is 31.0 Å². The first-order chi connectivity index (χ1) is 14.7. The van der Waals surface area contributed by atoms with Crippen molar-refractivity contribution in [1.29, 1.82) is 5.26 Å². The zero-order valence-corrected chi connectivity index (χ0v) is 18.5. The Morgan fingerprint density at radius 2 is 2.03 bits per heavy atom. The number of nitriles is 1. The summed E-state index contributed by atoms with van der Waals surface area (Å²) in [6, 6.07) is 6.27. The highest BCUT2D eigenvalue weighted by molar-refractivity contribution is 5.85. The fourth-order valence-electron chi connectivity index (χ4n) is 3.95. The standard InChI is InChI=1S/C22H26N4O2.CH2O2/c1-12(2)22(27)26-7-6-18-17(11-26)19(16(10-23)21(24)25-18)15-9-13(3)8-14(4)20(15)28-5;2-1-3/h8-9,12H,6-7,11H2,1-5H3,(H2,24,25);1H,(H,2,3). The van der Waals surface area contributed by atoms with Crippen molar-refractivity contribution in [3.8, 4) is 22.9 Å². The number of methoxy groups -OCH3 is 1. The van der Waals surface area contributed by atoms with E-state index in [-0.39, 0.29) is 24.1 Å². The van der Waals surface area contributed by atoms with Crippen LogP contribution in [-0.2, 0) is 22.6 Å². The molecule has 1 amide bonds. The van der Waals surface area contributed by atoms with Crippen LogP contribution in [0.4, 0.5) is 5.82 Å². The molecule has 0 fully saturated rings. The minimum absolute atomic E-state index is 0.0853. The predicted molar refractivity (Wildman–Crippen MR) is 117 cm³/mol. The minimum Gasteiger partial charge on any atom is -0.496 e. The number of ether oxygens (including phenoxy) is 1. The smallest absolute Gasteiger partial charge is 0.290 e. The second-order valence-corrected chi connectivity index (χ2v) is 7.72. The summed E-state index contributed by atoms with van der Waals surface area (Å²) >= 11 is 0. The largest absolute Gasteiger partial charge is 0.496 e. The first-order valence-electron chi connectivity index (χ1n) is 9.93. The monoisotopic (exact) mass is 424 g/mol. The van der Waals surface area contributed by atoms with E-state index in [4.69, 9.17) is 20.4 Å². The number of anilines is 1. The maximum absolute atomic E-state index is 12.6. The SMILES string of the molecule is COc1c(C)cc(C)cc1-c1c(C#N)c(N)nc2c1CN(C(=O)C(C)C)CC2.O=CO. The number of nitrogens with two attached hydrogens (primary N) is 1. The van der Waals surface area contributed by atoms with Gasteiger partial charge in [0.1, 0.15) is 23.2 Å². The lowest BCUT2D eigenvalue weighted by molar-refractivity contribution is -0.135. The molecule has 164 valence electrons. The Morgan fingerprint density at radius 1 is 1.39 bits per heavy atom. The third-order valence-electron chi connectivity index (χ3n) is 5.19. The highest BCUT2D eigenvalue weighted by Crippen LogP contribution is 2.41. The van der Waals surface area contributed by atoms with Crippen LogP contribution in [0.25, 0.3) is 11.1 Å². The number of benzene rings is 1. The van der Waals surface area contributed by atoms with Gasteiger partial charge in [-0.2, -0.15) is 5.26 Å². The normalized spacial score (nSPS) is 12.4. The number of pyridine rings is 1. The van der Waals surface area contributed by atoms with Crippen molar-refractivity contribution in [2.45, 2.75) is 40.7 Å². The number of aryl methyl sites for hydroxylation is 2. The van der Waals surface area contributed by atoms with Crippen LogP contribution in [0.15, 0.2) is 12.1 Å². The molecule has 3 N–H and O–H groups in total. The third-order valence-corrected chi connectivity index (χ3v) is 5.19. The molecule has 1 aliphatic rings. The number of hydrogen-bond donors (Lipinski definition) is 2. The molecule has 0 atom stereocenters. The second kappa shape index (κ2) is 9.94. The van der Waals surface area contributed by atoms with Crippen LogP contribution in [-0.4, -0.2) is 41.0 Å². The Bertz CT molecular complexity index is 1040. The van der Waals surface area contributed by atoms with Gasteiger partial charge in [0.25, 0.3) is 6.47 Å². The maximum atomic E-state index is 12.6. The predicted octanol–water partition coefficient (Wildman–Crippen LogP) is 3.07. The molecule has 3 rings (SSSR count). The van der Waals surface area contributed by atoms with Crippen LogP contribution in [0, 0.1) is 31.1 Å². The first-order valence-corrected chi connectivity index (χ1v) is 9.93. The second-order valence-electron chi connectivity index (χ2n) is 7.72. The van der Waals surface area contributed by atoms with Crippen LogP contribution in [0.2, 0.25) is 0 Å². The Morgan fingerprint density at radius 3 is 2.58 bits per heavy atom. The molecule has 0 radical (unpaired) electrons. The summed E-state index contributed by atoms with van der Waals surface area (Å²) in [5.41, 5.74) is 11.8. The number of carbonyl (C=O) groups excluding carboxylic acids is 1. The molecule has 0 spiro atoms. The molecule has 0 saturated carbocycles. The summed E-state index contributed by atoms with van der Waals surface area (Å²) in [4.78, 5) is 27.3. The molecule has 1 aromatic carbocycles. The van der Waals surface area contributed by atoms with Crippen molar-refractivity contribution < 1.29 is 19.4 Å². The number of fused-ring (bicyclic) bond motifs is 1. The third kappa shape index (κ3) is 4.77. The van der Waals surface area contributed by atoms with E-state index in [2.05, 4.69) is 11.1 Å². The summed E-state index contributed by atoms with van der Waals surface area (Å²) in [6.07, 6.45) is 0.615. The molecule has 2 heterocycles. The van der Waals surface area contributed by atoms with Gasteiger partial charge in [0.2, 0.25) is 5.91 Å². The van der Waals surface area contributed by atoms with E-state index in [1.165, 1.54) is 0 Å². The van der Waals surface area contributed by atoms with Crippen LogP contribution in [0.5, 0.6) is 5.75 Å². The molecule has 8 heteroatoms. The van der Waals surface area contributed by atoms with E-state index < -0.39 is 0 Å². The quantitative estimate of drug-likeness (QED) is 0.724. The van der Waals surface area contributed by atoms with Crippen molar-refractivity contribution in [3.63, 3.8) is 0 Å². The molecular weight excluding hydrogens is 396 g/mol. The molecule has 0 bridgehead atoms. The van der Waals surface area contributed by atoms with Gasteiger partial charge in [-0.25, -0.2) is 4.98 Å². The molecule has 1 aromatic heterocycles. The molecule has 2 aromatic rings. The minimum atomic E-state index is -0.250. The van der Waals surface area contributed by atoms with E-state index in [0.717, 1.165) is 33.5 Å². The lowest BCUT2D eigenvalue weighted by Crippen LogP contribution is -2.39. The van der Waals surface area contributed by atoms with Crippen molar-refractivity contribution >= 4 is 18.2 Å². The van der Waals surface area contributed by atoms with Gasteiger partial charge in [0, 0.05) is 42.1 Å². The zero-order valence-electron chi connectivity index (χ0n) is 18.5. The van der Waals surface area contributed by atoms with Gasteiger partial charge in [-0.1, -0.05) is 19.9 Å². The number of nitrogens with zero attached hydrogens (tertiary/aromatic N) is 3. The van der Waals surface area contributed by atoms with Crippen molar-refractivity contribution in [2.75, 3.05) is 19.4 Å². The average Bonchev–Trinajstić information content (AvgIpc) is 2.71. The van der Waals surface area contributed by atoms with Gasteiger partial charge < -0.3 is 20.5 Å². The van der Waals surface area contributed by atoms with E-state index >= 15 is 0 Å². The Hall–Kier alpha value is -3.60. The summed E-state index contributed by atoms with van der Waals surface area (Å²) in [5.74, 6) is 0.945. The van der Waals surface area contributed by atoms with Gasteiger partial charge in [0.15, 0.2) is 0 Å². The van der Waals surface area contributed by atoms with Gasteiger partial charge in [-0.3, -0.25) is 9.59 Å². The summed E-state index contributed by atoms with van der Waals surface area (Å²) in [6.45, 7) is 8.55. The molecular formula is C23H28N4O4. The molecule has 8 nitrogen and oxygen atoms in total. The Balaban J connectivity index is 0.00000107. The lowest BCUT2D eigenvalue weighted by Gasteiger charge is -2.32. The van der Waals surface area contributed by atoms with Gasteiger partial charge in [-0.15, -0.1) is 0 Å². The van der Waals surface area contributed by atoms with Crippen molar-refractivity contribution in [2.24, 2.45) is 5.92 Å². The average molecular weight is 425 g/mol. The fourth-order valence-corrected chi connectivity index (χ4v) is 3.95. The van der Waals surface area contributed by atoms with E-state index in [9.17, 15) is 10.1 Å². The summed E-state index contributed by atoms with van der Waals surface area (Å²) in [5, 5.41) is 16.7. The first kappa shape index (κ1) is 23.7. The molecule has 0 unspecified atom stereocenters. The highest BCUT2D eigenvalue weighted by Gasteiger charge is 2.29. The molecule has 31 heavy (non-hydrogen) atoms. The van der Waals surface area contributed by atoms with Gasteiger partial charge >= 0.3 is 0 Å². The van der Waals surface area contributed by atoms with Crippen molar-refractivity contribution in [1.82, 2.24) is 9.88 Å². The number of rotatable bonds is 3. The van der Waals surface area contributed by atoms with E-state index in [0.29, 0.717) is 30.8 Å². The van der Waals surface area contributed by atoms with Crippen LogP contribution < -0.4 is 10.5 Å². The van der Waals surface area contributed by atoms with Crippen LogP contribution in [0.1, 0.15) is 41.8 Å². The van der Waals surface area contributed by atoms with Crippen LogP contribution >= 0.6 is 0 Å². The lowest BCUT2D eigenvalue weighted by atomic mass is 9.88. The zero-order chi connectivity index (χ0) is 23.3. The molecule has 0 saturated heterocycles. The molecule has 0 aliphatic carbocycles. The number of aromatic nitrogens is 1. The number of amides is 1. The number of carboxylic acid groups (broad SMARTS) is 1. The maximum Gasteiger partial charge on any atom is 0.290 e. The van der Waals surface area contributed by atoms with Gasteiger partial charge in [0.05, 0.1) is 12.8 Å². The highest BCUT2D eigenvalue weighted by atomic mass is 16.5. The number of carbonyl (C=O) groups is 2. The number of hydrogen-bond acceptors (Lipinski definition) is 6. The van der Waals surface area contributed by atoms with Crippen LogP contribution in [0.3, 0.4) is 0 Å². The Labute approximate surface area is 182 Å². The topological polar surface area (TPSA) is 130 Å². The Kier molecular flexibility index (Phi) is 7.59. The molecule has 1 aliphatic heterocycles. The van der Waals surface area contributed by atoms with E-state index in [1.807, 2.05) is 44.7 Å². The summed E-state index contributed by atoms with van der Waals surface area (Å²) < 4.78 is 5.68. The fraction of sp³-hybridized carbons (Fsp3) is 0.391.